The van der Waals surface area contributed by atoms with Gasteiger partial charge in [0.25, 0.3) is 5.91 Å². The maximum absolute atomic E-state index is 13.4. The molecule has 0 atom stereocenters. The second-order valence-electron chi connectivity index (χ2n) is 7.86. The van der Waals surface area contributed by atoms with Gasteiger partial charge in [-0.15, -0.1) is 11.3 Å². The molecule has 2 aromatic carbocycles. The van der Waals surface area contributed by atoms with E-state index in [1.165, 1.54) is 4.88 Å². The summed E-state index contributed by atoms with van der Waals surface area (Å²) >= 11 is 1.66. The zero-order valence-electron chi connectivity index (χ0n) is 18.2. The van der Waals surface area contributed by atoms with Gasteiger partial charge < -0.3 is 19.5 Å². The zero-order chi connectivity index (χ0) is 22.8. The Hall–Kier alpha value is -3.84. The SMILES string of the molecule is COc1ccccc1CC(=O)Nc1ccc(C(=O)N2Cc3cccn3Cc3sccc32)cc1. The van der Waals surface area contributed by atoms with Crippen LogP contribution in [0.3, 0.4) is 0 Å². The number of methoxy groups -OCH3 is 1. The van der Waals surface area contributed by atoms with Crippen LogP contribution in [0.4, 0.5) is 11.4 Å². The van der Waals surface area contributed by atoms with Crippen LogP contribution in [0.25, 0.3) is 0 Å². The number of aromatic nitrogens is 1. The van der Waals surface area contributed by atoms with Gasteiger partial charge in [-0.25, -0.2) is 0 Å². The molecule has 3 heterocycles. The van der Waals surface area contributed by atoms with Crippen molar-refractivity contribution in [2.45, 2.75) is 19.5 Å². The Kier molecular flexibility index (Phi) is 5.71. The molecule has 2 aromatic heterocycles. The second-order valence-corrected chi connectivity index (χ2v) is 8.86. The van der Waals surface area contributed by atoms with Crippen molar-refractivity contribution >= 4 is 34.5 Å². The number of hydrogen-bond donors (Lipinski definition) is 1. The molecule has 6 nitrogen and oxygen atoms in total. The number of ether oxygens (including phenoxy) is 1. The Labute approximate surface area is 196 Å². The van der Waals surface area contributed by atoms with Gasteiger partial charge in [0.15, 0.2) is 0 Å². The number of nitrogens with one attached hydrogen (secondary N) is 1. The monoisotopic (exact) mass is 457 g/mol. The summed E-state index contributed by atoms with van der Waals surface area (Å²) < 4.78 is 7.50. The summed E-state index contributed by atoms with van der Waals surface area (Å²) in [6.07, 6.45) is 2.26. The van der Waals surface area contributed by atoms with Crippen LogP contribution in [-0.4, -0.2) is 23.5 Å². The molecule has 0 bridgehead atoms. The average Bonchev–Trinajstić information content (AvgIpc) is 3.45. The molecule has 0 unspecified atom stereocenters. The lowest BCUT2D eigenvalue weighted by atomic mass is 10.1. The first-order valence-corrected chi connectivity index (χ1v) is 11.5. The molecular weight excluding hydrogens is 434 g/mol. The quantitative estimate of drug-likeness (QED) is 0.461. The summed E-state index contributed by atoms with van der Waals surface area (Å²) in [7, 11) is 1.59. The fraction of sp³-hybridized carbons (Fsp3) is 0.154. The van der Waals surface area contributed by atoms with Gasteiger partial charge in [-0.05, 0) is 53.9 Å². The van der Waals surface area contributed by atoms with E-state index < -0.39 is 0 Å². The van der Waals surface area contributed by atoms with E-state index in [0.717, 1.165) is 23.5 Å². The summed E-state index contributed by atoms with van der Waals surface area (Å²) in [4.78, 5) is 28.9. The van der Waals surface area contributed by atoms with Crippen LogP contribution in [0.15, 0.2) is 78.3 Å². The molecule has 0 saturated carbocycles. The number of carbonyl (C=O) groups excluding carboxylic acids is 2. The van der Waals surface area contributed by atoms with Crippen molar-refractivity contribution < 1.29 is 14.3 Å². The summed E-state index contributed by atoms with van der Waals surface area (Å²) in [5.41, 5.74) is 4.11. The lowest BCUT2D eigenvalue weighted by molar-refractivity contribution is -0.115. The van der Waals surface area contributed by atoms with Crippen LogP contribution in [0, 0.1) is 0 Å². The molecular formula is C26H23N3O3S. The van der Waals surface area contributed by atoms with Gasteiger partial charge in [0.05, 0.1) is 32.3 Å². The number of fused-ring (bicyclic) bond motifs is 2. The van der Waals surface area contributed by atoms with E-state index in [-0.39, 0.29) is 18.2 Å². The number of thiophene rings is 1. The number of hydrogen-bond acceptors (Lipinski definition) is 4. The average molecular weight is 458 g/mol. The zero-order valence-corrected chi connectivity index (χ0v) is 19.0. The third kappa shape index (κ3) is 4.27. The smallest absolute Gasteiger partial charge is 0.258 e. The number of rotatable bonds is 5. The van der Waals surface area contributed by atoms with Crippen LogP contribution >= 0.6 is 11.3 Å². The number of benzene rings is 2. The van der Waals surface area contributed by atoms with Crippen LogP contribution in [-0.2, 0) is 24.3 Å². The second kappa shape index (κ2) is 8.96. The highest BCUT2D eigenvalue weighted by molar-refractivity contribution is 7.10. The Morgan fingerprint density at radius 1 is 1.00 bits per heavy atom. The standard InChI is InChI=1S/C26H23N3O3S/c1-32-23-7-3-2-5-19(23)15-25(30)27-20-10-8-18(9-11-20)26(31)29-16-21-6-4-13-28(21)17-24-22(29)12-14-33-24/h2-14H,15-17H2,1H3,(H,27,30). The summed E-state index contributed by atoms with van der Waals surface area (Å²) in [6.45, 7) is 1.29. The summed E-state index contributed by atoms with van der Waals surface area (Å²) in [5, 5.41) is 4.92. The van der Waals surface area contributed by atoms with Crippen LogP contribution in [0.2, 0.25) is 0 Å². The van der Waals surface area contributed by atoms with Crippen molar-refractivity contribution in [2.75, 3.05) is 17.3 Å². The minimum Gasteiger partial charge on any atom is -0.496 e. The highest BCUT2D eigenvalue weighted by Crippen LogP contribution is 2.33. The highest BCUT2D eigenvalue weighted by atomic mass is 32.1. The van der Waals surface area contributed by atoms with Gasteiger partial charge in [0, 0.05) is 33.6 Å². The van der Waals surface area contributed by atoms with Gasteiger partial charge in [-0.2, -0.15) is 0 Å². The lowest BCUT2D eigenvalue weighted by Crippen LogP contribution is -2.30. The van der Waals surface area contributed by atoms with Gasteiger partial charge >= 0.3 is 0 Å². The molecule has 0 spiro atoms. The first-order chi connectivity index (χ1) is 16.1. The fourth-order valence-corrected chi connectivity index (χ4v) is 4.98. The predicted molar refractivity (Wildman–Crippen MR) is 130 cm³/mol. The van der Waals surface area contributed by atoms with E-state index in [1.54, 1.807) is 42.7 Å². The normalized spacial score (nSPS) is 12.5. The molecule has 166 valence electrons. The molecule has 0 radical (unpaired) electrons. The maximum atomic E-state index is 13.4. The third-order valence-corrected chi connectivity index (χ3v) is 6.67. The summed E-state index contributed by atoms with van der Waals surface area (Å²) in [6, 6.07) is 20.6. The van der Waals surface area contributed by atoms with Crippen LogP contribution < -0.4 is 15.0 Å². The van der Waals surface area contributed by atoms with E-state index in [1.807, 2.05) is 46.7 Å². The van der Waals surface area contributed by atoms with Gasteiger partial charge in [0.1, 0.15) is 5.75 Å². The first-order valence-electron chi connectivity index (χ1n) is 10.7. The fourth-order valence-electron chi connectivity index (χ4n) is 4.10. The largest absolute Gasteiger partial charge is 0.496 e. The van der Waals surface area contributed by atoms with Crippen molar-refractivity contribution in [3.05, 3.63) is 100 Å². The van der Waals surface area contributed by atoms with E-state index in [4.69, 9.17) is 4.74 Å². The van der Waals surface area contributed by atoms with E-state index in [2.05, 4.69) is 22.1 Å². The molecule has 1 N–H and O–H groups in total. The Morgan fingerprint density at radius 2 is 1.82 bits per heavy atom. The number of carbonyl (C=O) groups is 2. The number of amides is 2. The lowest BCUT2D eigenvalue weighted by Gasteiger charge is -2.21. The van der Waals surface area contributed by atoms with Gasteiger partial charge in [-0.1, -0.05) is 18.2 Å². The molecule has 2 amide bonds. The van der Waals surface area contributed by atoms with Crippen LogP contribution in [0.5, 0.6) is 5.75 Å². The molecule has 33 heavy (non-hydrogen) atoms. The molecule has 0 saturated heterocycles. The summed E-state index contributed by atoms with van der Waals surface area (Å²) in [5.74, 6) is 0.482. The van der Waals surface area contributed by atoms with Crippen LogP contribution in [0.1, 0.15) is 26.5 Å². The Morgan fingerprint density at radius 3 is 2.64 bits per heavy atom. The van der Waals surface area contributed by atoms with Crippen molar-refractivity contribution in [1.29, 1.82) is 0 Å². The van der Waals surface area contributed by atoms with E-state index in [9.17, 15) is 9.59 Å². The first kappa shape index (κ1) is 21.0. The number of para-hydroxylation sites is 1. The Bertz CT molecular complexity index is 1310. The van der Waals surface area contributed by atoms with E-state index >= 15 is 0 Å². The highest BCUT2D eigenvalue weighted by Gasteiger charge is 2.25. The minimum atomic E-state index is -0.144. The molecule has 4 aromatic rings. The van der Waals surface area contributed by atoms with Crippen molar-refractivity contribution in [3.63, 3.8) is 0 Å². The number of anilines is 2. The van der Waals surface area contributed by atoms with E-state index in [0.29, 0.717) is 23.5 Å². The molecule has 5 rings (SSSR count). The topological polar surface area (TPSA) is 63.6 Å². The van der Waals surface area contributed by atoms with Crippen molar-refractivity contribution in [2.24, 2.45) is 0 Å². The van der Waals surface area contributed by atoms with Crippen molar-refractivity contribution in [1.82, 2.24) is 4.57 Å². The third-order valence-electron chi connectivity index (χ3n) is 5.77. The predicted octanol–water partition coefficient (Wildman–Crippen LogP) is 4.95. The maximum Gasteiger partial charge on any atom is 0.258 e. The van der Waals surface area contributed by atoms with Gasteiger partial charge in [0.2, 0.25) is 5.91 Å². The molecule has 1 aliphatic rings. The van der Waals surface area contributed by atoms with Gasteiger partial charge in [-0.3, -0.25) is 9.59 Å². The molecule has 0 fully saturated rings. The molecule has 7 heteroatoms. The van der Waals surface area contributed by atoms with Crippen molar-refractivity contribution in [3.8, 4) is 5.75 Å². The Balaban J connectivity index is 1.31. The minimum absolute atomic E-state index is 0.0591. The molecule has 0 aliphatic carbocycles. The molecule has 1 aliphatic heterocycles. The number of nitrogens with zero attached hydrogens (tertiary/aromatic N) is 2.